The van der Waals surface area contributed by atoms with Gasteiger partial charge in [0.25, 0.3) is 0 Å². The van der Waals surface area contributed by atoms with Crippen LogP contribution in [0.4, 0.5) is 0 Å². The topological polar surface area (TPSA) is 12.0 Å². The maximum Gasteiger partial charge on any atom is 0.0360 e. The Labute approximate surface area is 129 Å². The lowest BCUT2D eigenvalue weighted by atomic mass is 9.97. The second-order valence-corrected chi connectivity index (χ2v) is 5.74. The van der Waals surface area contributed by atoms with Crippen molar-refractivity contribution in [3.63, 3.8) is 0 Å². The van der Waals surface area contributed by atoms with E-state index in [1.165, 1.54) is 24.0 Å². The molecule has 0 saturated heterocycles. The Morgan fingerprint density at radius 1 is 0.810 bits per heavy atom. The van der Waals surface area contributed by atoms with Crippen molar-refractivity contribution in [1.82, 2.24) is 5.32 Å². The van der Waals surface area contributed by atoms with Crippen molar-refractivity contribution in [2.75, 3.05) is 6.54 Å². The third kappa shape index (κ3) is 5.02. The number of hydrogen-bond donors (Lipinski definition) is 1. The van der Waals surface area contributed by atoms with E-state index in [0.717, 1.165) is 18.9 Å². The summed E-state index contributed by atoms with van der Waals surface area (Å²) >= 11 is 0. The van der Waals surface area contributed by atoms with Gasteiger partial charge in [0.1, 0.15) is 0 Å². The van der Waals surface area contributed by atoms with Crippen LogP contribution in [0.2, 0.25) is 0 Å². The van der Waals surface area contributed by atoms with Crippen molar-refractivity contribution in [3.8, 4) is 0 Å². The Bertz CT molecular complexity index is 488. The van der Waals surface area contributed by atoms with E-state index in [9.17, 15) is 0 Å². The Balaban J connectivity index is 2.07. The molecule has 0 aliphatic carbocycles. The molecule has 21 heavy (non-hydrogen) atoms. The fraction of sp³-hybridized carbons (Fsp3) is 0.400. The van der Waals surface area contributed by atoms with Crippen molar-refractivity contribution in [3.05, 3.63) is 71.8 Å². The minimum Gasteiger partial charge on any atom is -0.309 e. The van der Waals surface area contributed by atoms with Gasteiger partial charge in [-0.2, -0.15) is 0 Å². The first kappa shape index (κ1) is 15.8. The molecule has 1 N–H and O–H groups in total. The van der Waals surface area contributed by atoms with Crippen molar-refractivity contribution in [1.29, 1.82) is 0 Å². The van der Waals surface area contributed by atoms with Crippen LogP contribution in [0.5, 0.6) is 0 Å². The maximum absolute atomic E-state index is 3.79. The SMILES string of the molecule is CCC(CC)CNC(Cc1ccccc1)c1ccccc1. The molecule has 2 aromatic rings. The molecule has 0 fully saturated rings. The van der Waals surface area contributed by atoms with Crippen LogP contribution < -0.4 is 5.32 Å². The van der Waals surface area contributed by atoms with Crippen LogP contribution in [0.3, 0.4) is 0 Å². The molecule has 0 radical (unpaired) electrons. The summed E-state index contributed by atoms with van der Waals surface area (Å²) in [5.74, 6) is 0.770. The van der Waals surface area contributed by atoms with Crippen LogP contribution in [-0.4, -0.2) is 6.54 Å². The second kappa shape index (κ2) is 8.63. The summed E-state index contributed by atoms with van der Waals surface area (Å²) < 4.78 is 0. The Morgan fingerprint density at radius 2 is 1.38 bits per heavy atom. The van der Waals surface area contributed by atoms with Crippen molar-refractivity contribution >= 4 is 0 Å². The molecular weight excluding hydrogens is 254 g/mol. The van der Waals surface area contributed by atoms with Gasteiger partial charge in [-0.1, -0.05) is 87.4 Å². The average Bonchev–Trinajstić information content (AvgIpc) is 2.56. The van der Waals surface area contributed by atoms with Gasteiger partial charge in [0, 0.05) is 6.04 Å². The fourth-order valence-corrected chi connectivity index (χ4v) is 2.73. The van der Waals surface area contributed by atoms with Gasteiger partial charge in [-0.05, 0) is 30.0 Å². The van der Waals surface area contributed by atoms with Crippen molar-refractivity contribution in [2.24, 2.45) is 5.92 Å². The third-order valence-corrected chi connectivity index (χ3v) is 4.29. The second-order valence-electron chi connectivity index (χ2n) is 5.74. The summed E-state index contributed by atoms with van der Waals surface area (Å²) in [7, 11) is 0. The molecule has 0 bridgehead atoms. The highest BCUT2D eigenvalue weighted by molar-refractivity contribution is 5.23. The highest BCUT2D eigenvalue weighted by Gasteiger charge is 2.13. The molecular formula is C20H27N. The number of rotatable bonds is 8. The predicted molar refractivity (Wildman–Crippen MR) is 91.4 cm³/mol. The first-order valence-corrected chi connectivity index (χ1v) is 8.15. The lowest BCUT2D eigenvalue weighted by Crippen LogP contribution is -2.28. The molecule has 1 unspecified atom stereocenters. The predicted octanol–water partition coefficient (Wildman–Crippen LogP) is 5.00. The first-order valence-electron chi connectivity index (χ1n) is 8.15. The van der Waals surface area contributed by atoms with Crippen LogP contribution >= 0.6 is 0 Å². The summed E-state index contributed by atoms with van der Waals surface area (Å²) in [6.45, 7) is 5.66. The van der Waals surface area contributed by atoms with Crippen LogP contribution in [-0.2, 0) is 6.42 Å². The number of benzene rings is 2. The van der Waals surface area contributed by atoms with E-state index >= 15 is 0 Å². The summed E-state index contributed by atoms with van der Waals surface area (Å²) in [6.07, 6.45) is 3.54. The summed E-state index contributed by atoms with van der Waals surface area (Å²) in [4.78, 5) is 0. The molecule has 0 heterocycles. The normalized spacial score (nSPS) is 12.5. The zero-order valence-corrected chi connectivity index (χ0v) is 13.3. The van der Waals surface area contributed by atoms with Gasteiger partial charge in [-0.15, -0.1) is 0 Å². The standard InChI is InChI=1S/C20H27N/c1-3-17(4-2)16-21-20(19-13-9-6-10-14-19)15-18-11-7-5-8-12-18/h5-14,17,20-21H,3-4,15-16H2,1-2H3. The minimum absolute atomic E-state index is 0.397. The number of nitrogens with one attached hydrogen (secondary N) is 1. The summed E-state index contributed by atoms with van der Waals surface area (Å²) in [5.41, 5.74) is 2.77. The summed E-state index contributed by atoms with van der Waals surface area (Å²) in [5, 5.41) is 3.79. The smallest absolute Gasteiger partial charge is 0.0360 e. The maximum atomic E-state index is 3.79. The van der Waals surface area contributed by atoms with Gasteiger partial charge in [0.05, 0.1) is 0 Å². The molecule has 0 saturated carbocycles. The van der Waals surface area contributed by atoms with Gasteiger partial charge < -0.3 is 5.32 Å². The third-order valence-electron chi connectivity index (χ3n) is 4.29. The van der Waals surface area contributed by atoms with Gasteiger partial charge >= 0.3 is 0 Å². The molecule has 112 valence electrons. The zero-order valence-electron chi connectivity index (χ0n) is 13.3. The average molecular weight is 281 g/mol. The molecule has 0 aromatic heterocycles. The quantitative estimate of drug-likeness (QED) is 0.718. The molecule has 2 rings (SSSR count). The molecule has 0 amide bonds. The molecule has 1 heteroatoms. The van der Waals surface area contributed by atoms with Gasteiger partial charge in [-0.3, -0.25) is 0 Å². The molecule has 0 aliphatic rings. The molecule has 0 spiro atoms. The monoisotopic (exact) mass is 281 g/mol. The van der Waals surface area contributed by atoms with Crippen molar-refractivity contribution in [2.45, 2.75) is 39.2 Å². The van der Waals surface area contributed by atoms with E-state index in [1.54, 1.807) is 0 Å². The molecule has 1 atom stereocenters. The molecule has 2 aromatic carbocycles. The van der Waals surface area contributed by atoms with E-state index in [4.69, 9.17) is 0 Å². The lowest BCUT2D eigenvalue weighted by molar-refractivity contribution is 0.410. The van der Waals surface area contributed by atoms with Crippen LogP contribution in [0.1, 0.15) is 43.9 Å². The fourth-order valence-electron chi connectivity index (χ4n) is 2.73. The summed E-state index contributed by atoms with van der Waals surface area (Å²) in [6, 6.07) is 22.0. The van der Waals surface area contributed by atoms with Gasteiger partial charge in [-0.25, -0.2) is 0 Å². The van der Waals surface area contributed by atoms with Crippen LogP contribution in [0.25, 0.3) is 0 Å². The van der Waals surface area contributed by atoms with Gasteiger partial charge in [0.2, 0.25) is 0 Å². The van der Waals surface area contributed by atoms with E-state index in [2.05, 4.69) is 79.8 Å². The minimum atomic E-state index is 0.397. The first-order chi connectivity index (χ1) is 10.3. The lowest BCUT2D eigenvalue weighted by Gasteiger charge is -2.22. The number of hydrogen-bond acceptors (Lipinski definition) is 1. The van der Waals surface area contributed by atoms with Crippen LogP contribution in [0.15, 0.2) is 60.7 Å². The van der Waals surface area contributed by atoms with Crippen molar-refractivity contribution < 1.29 is 0 Å². The molecule has 0 aliphatic heterocycles. The largest absolute Gasteiger partial charge is 0.309 e. The highest BCUT2D eigenvalue weighted by atomic mass is 14.9. The Hall–Kier alpha value is -1.60. The zero-order chi connectivity index (χ0) is 14.9. The highest BCUT2D eigenvalue weighted by Crippen LogP contribution is 2.19. The molecule has 1 nitrogen and oxygen atoms in total. The van der Waals surface area contributed by atoms with Crippen LogP contribution in [0, 0.1) is 5.92 Å². The Morgan fingerprint density at radius 3 is 1.95 bits per heavy atom. The van der Waals surface area contributed by atoms with E-state index in [-0.39, 0.29) is 0 Å². The van der Waals surface area contributed by atoms with E-state index in [0.29, 0.717) is 6.04 Å². The van der Waals surface area contributed by atoms with E-state index < -0.39 is 0 Å². The van der Waals surface area contributed by atoms with Gasteiger partial charge in [0.15, 0.2) is 0 Å². The Kier molecular flexibility index (Phi) is 6.49. The van der Waals surface area contributed by atoms with E-state index in [1.807, 2.05) is 0 Å².